The number of ether oxygens (including phenoxy) is 3. The number of amides is 1. The van der Waals surface area contributed by atoms with Gasteiger partial charge in [-0.1, -0.05) is 0 Å². The minimum absolute atomic E-state index is 0.0311. The predicted octanol–water partition coefficient (Wildman–Crippen LogP) is 3.22. The van der Waals surface area contributed by atoms with Crippen molar-refractivity contribution in [3.63, 3.8) is 0 Å². The first-order chi connectivity index (χ1) is 14.8. The Morgan fingerprint density at radius 1 is 1.13 bits per heavy atom. The minimum atomic E-state index is -0.570. The summed E-state index contributed by atoms with van der Waals surface area (Å²) in [5.41, 5.74) is 2.39. The van der Waals surface area contributed by atoms with Crippen molar-refractivity contribution in [2.75, 3.05) is 27.9 Å². The van der Waals surface area contributed by atoms with Crippen molar-refractivity contribution in [1.82, 2.24) is 4.90 Å². The monoisotopic (exact) mass is 428 g/mol. The fraction of sp³-hybridized carbons (Fsp3) is 0.364. The molecule has 1 atom stereocenters. The van der Waals surface area contributed by atoms with E-state index in [-0.39, 0.29) is 18.0 Å². The molecule has 0 saturated carbocycles. The molecule has 0 N–H and O–H groups in total. The topological polar surface area (TPSA) is 108 Å². The van der Waals surface area contributed by atoms with Crippen LogP contribution in [0.1, 0.15) is 39.5 Å². The van der Waals surface area contributed by atoms with Gasteiger partial charge in [0.05, 0.1) is 38.7 Å². The van der Waals surface area contributed by atoms with Gasteiger partial charge in [0.15, 0.2) is 11.5 Å². The van der Waals surface area contributed by atoms with Crippen LogP contribution in [-0.4, -0.2) is 49.6 Å². The van der Waals surface area contributed by atoms with Crippen molar-refractivity contribution in [3.05, 3.63) is 62.7 Å². The molecule has 1 aliphatic heterocycles. The molecule has 0 aromatic heterocycles. The number of carbonyl (C=O) groups is 2. The number of benzene rings is 2. The second kappa shape index (κ2) is 9.03. The van der Waals surface area contributed by atoms with Crippen LogP contribution in [0.3, 0.4) is 0 Å². The lowest BCUT2D eigenvalue weighted by atomic mass is 9.89. The largest absolute Gasteiger partial charge is 0.493 e. The smallest absolute Gasteiger partial charge is 0.307 e. The zero-order chi connectivity index (χ0) is 22.7. The lowest BCUT2D eigenvalue weighted by Crippen LogP contribution is -2.41. The van der Waals surface area contributed by atoms with Crippen molar-refractivity contribution in [1.29, 1.82) is 0 Å². The summed E-state index contributed by atoms with van der Waals surface area (Å²) >= 11 is 0. The summed E-state index contributed by atoms with van der Waals surface area (Å²) in [6.45, 7) is 1.96. The van der Waals surface area contributed by atoms with E-state index in [4.69, 9.17) is 14.2 Å². The number of hydrogen-bond acceptors (Lipinski definition) is 7. The summed E-state index contributed by atoms with van der Waals surface area (Å²) in [6, 6.07) is 7.33. The molecule has 31 heavy (non-hydrogen) atoms. The summed E-state index contributed by atoms with van der Waals surface area (Å²) in [7, 11) is 4.36. The Labute approximate surface area is 179 Å². The summed E-state index contributed by atoms with van der Waals surface area (Å²) in [5.74, 6) is 0.304. The number of nitrogens with zero attached hydrogens (tertiary/aromatic N) is 2. The molecule has 1 amide bonds. The normalized spacial score (nSPS) is 15.1. The van der Waals surface area contributed by atoms with Crippen LogP contribution in [0.15, 0.2) is 30.3 Å². The molecule has 1 aliphatic rings. The Balaban J connectivity index is 2.03. The lowest BCUT2D eigenvalue weighted by molar-refractivity contribution is -0.385. The van der Waals surface area contributed by atoms with Gasteiger partial charge in [-0.15, -0.1) is 0 Å². The van der Waals surface area contributed by atoms with Crippen molar-refractivity contribution in [2.24, 2.45) is 0 Å². The molecule has 0 aliphatic carbocycles. The highest BCUT2D eigenvalue weighted by Gasteiger charge is 2.34. The van der Waals surface area contributed by atoms with Gasteiger partial charge in [-0.2, -0.15) is 0 Å². The van der Waals surface area contributed by atoms with Gasteiger partial charge < -0.3 is 19.1 Å². The van der Waals surface area contributed by atoms with Crippen molar-refractivity contribution >= 4 is 17.6 Å². The van der Waals surface area contributed by atoms with Gasteiger partial charge in [0.2, 0.25) is 0 Å². The summed E-state index contributed by atoms with van der Waals surface area (Å²) in [4.78, 5) is 37.7. The number of aryl methyl sites for hydroxylation is 1. The fourth-order valence-corrected chi connectivity index (χ4v) is 3.89. The molecule has 0 unspecified atom stereocenters. The van der Waals surface area contributed by atoms with Crippen LogP contribution in [0.4, 0.5) is 5.69 Å². The van der Waals surface area contributed by atoms with Crippen LogP contribution in [0.25, 0.3) is 0 Å². The molecule has 164 valence electrons. The number of carbonyl (C=O) groups excluding carboxylic acids is 2. The number of nitro benzene ring substituents is 1. The van der Waals surface area contributed by atoms with Crippen LogP contribution >= 0.6 is 0 Å². The number of methoxy groups -OCH3 is 3. The van der Waals surface area contributed by atoms with Gasteiger partial charge in [-0.05, 0) is 48.7 Å². The molecule has 1 heterocycles. The van der Waals surface area contributed by atoms with Crippen molar-refractivity contribution in [3.8, 4) is 11.5 Å². The van der Waals surface area contributed by atoms with E-state index in [1.54, 1.807) is 25.0 Å². The van der Waals surface area contributed by atoms with E-state index < -0.39 is 16.9 Å². The quantitative estimate of drug-likeness (QED) is 0.395. The first kappa shape index (κ1) is 22.1. The predicted molar refractivity (Wildman–Crippen MR) is 111 cm³/mol. The second-order valence-corrected chi connectivity index (χ2v) is 7.21. The van der Waals surface area contributed by atoms with E-state index in [0.29, 0.717) is 35.6 Å². The lowest BCUT2D eigenvalue weighted by Gasteiger charge is -2.37. The molecule has 2 aromatic carbocycles. The Morgan fingerprint density at radius 2 is 1.81 bits per heavy atom. The zero-order valence-corrected chi connectivity index (χ0v) is 17.8. The maximum atomic E-state index is 13.3. The van der Waals surface area contributed by atoms with E-state index in [1.165, 1.54) is 32.4 Å². The molecule has 0 saturated heterocycles. The fourth-order valence-electron chi connectivity index (χ4n) is 3.89. The summed E-state index contributed by atoms with van der Waals surface area (Å²) < 4.78 is 15.6. The molecule has 3 rings (SSSR count). The number of hydrogen-bond donors (Lipinski definition) is 0. The Hall–Kier alpha value is -3.62. The van der Waals surface area contributed by atoms with Crippen molar-refractivity contribution in [2.45, 2.75) is 25.8 Å². The third-order valence-electron chi connectivity index (χ3n) is 5.49. The van der Waals surface area contributed by atoms with Crippen LogP contribution in [0, 0.1) is 17.0 Å². The van der Waals surface area contributed by atoms with Crippen LogP contribution in [0.5, 0.6) is 11.5 Å². The molecule has 0 spiro atoms. The van der Waals surface area contributed by atoms with Gasteiger partial charge in [0.1, 0.15) is 0 Å². The average molecular weight is 428 g/mol. The van der Waals surface area contributed by atoms with Gasteiger partial charge in [-0.25, -0.2) is 0 Å². The van der Waals surface area contributed by atoms with Gasteiger partial charge >= 0.3 is 5.97 Å². The zero-order valence-electron chi connectivity index (χ0n) is 17.8. The van der Waals surface area contributed by atoms with Crippen LogP contribution in [0.2, 0.25) is 0 Å². The number of fused-ring (bicyclic) bond motifs is 1. The molecular weight excluding hydrogens is 404 g/mol. The Bertz CT molecular complexity index is 1030. The van der Waals surface area contributed by atoms with E-state index >= 15 is 0 Å². The van der Waals surface area contributed by atoms with E-state index in [1.807, 2.05) is 6.07 Å². The number of esters is 1. The first-order valence-electron chi connectivity index (χ1n) is 9.68. The van der Waals surface area contributed by atoms with E-state index in [2.05, 4.69) is 0 Å². The average Bonchev–Trinajstić information content (AvgIpc) is 2.77. The highest BCUT2D eigenvalue weighted by atomic mass is 16.6. The minimum Gasteiger partial charge on any atom is -0.493 e. The molecule has 9 nitrogen and oxygen atoms in total. The third-order valence-corrected chi connectivity index (χ3v) is 5.49. The Kier molecular flexibility index (Phi) is 6.43. The molecule has 0 fully saturated rings. The van der Waals surface area contributed by atoms with Gasteiger partial charge in [0, 0.05) is 23.7 Å². The number of rotatable bonds is 6. The van der Waals surface area contributed by atoms with Gasteiger partial charge in [0.25, 0.3) is 11.6 Å². The molecule has 0 bridgehead atoms. The molecule has 2 aromatic rings. The van der Waals surface area contributed by atoms with E-state index in [9.17, 15) is 19.7 Å². The SMILES string of the molecule is COC(=O)C[C@H]1c2cc(OC)c(OC)cc2CCN1C(=O)c1ccc([N+](=O)[O-])c(C)c1. The van der Waals surface area contributed by atoms with E-state index in [0.717, 1.165) is 11.1 Å². The standard InChI is InChI=1S/C22H24N2O7/c1-13-9-15(5-6-17(13)24(27)28)22(26)23-8-7-14-10-19(29-2)20(30-3)11-16(14)18(23)12-21(25)31-4/h5-6,9-11,18H,7-8,12H2,1-4H3/t18-/m0/s1. The van der Waals surface area contributed by atoms with Crippen LogP contribution < -0.4 is 9.47 Å². The Morgan fingerprint density at radius 3 is 2.39 bits per heavy atom. The maximum absolute atomic E-state index is 13.3. The highest BCUT2D eigenvalue weighted by molar-refractivity contribution is 5.95. The third kappa shape index (κ3) is 4.30. The molecule has 9 heteroatoms. The second-order valence-electron chi connectivity index (χ2n) is 7.21. The maximum Gasteiger partial charge on any atom is 0.307 e. The highest BCUT2D eigenvalue weighted by Crippen LogP contribution is 2.40. The summed E-state index contributed by atoms with van der Waals surface area (Å²) in [6.07, 6.45) is 0.530. The van der Waals surface area contributed by atoms with Gasteiger partial charge in [-0.3, -0.25) is 19.7 Å². The van der Waals surface area contributed by atoms with Crippen molar-refractivity contribution < 1.29 is 28.7 Å². The molecule has 0 radical (unpaired) electrons. The van der Waals surface area contributed by atoms with Crippen LogP contribution in [-0.2, 0) is 16.0 Å². The molecular formula is C22H24N2O7. The number of nitro groups is 1. The first-order valence-corrected chi connectivity index (χ1v) is 9.68. The summed E-state index contributed by atoms with van der Waals surface area (Å²) in [5, 5.41) is 11.1.